The number of rotatable bonds is 22. The van der Waals surface area contributed by atoms with E-state index >= 15 is 0 Å². The number of hydrogen-bond acceptors (Lipinski definition) is 6. The number of benzene rings is 2. The van der Waals surface area contributed by atoms with Crippen LogP contribution in [0.3, 0.4) is 0 Å². The summed E-state index contributed by atoms with van der Waals surface area (Å²) < 4.78 is 33.5. The monoisotopic (exact) mass is 566 g/mol. The van der Waals surface area contributed by atoms with E-state index in [0.717, 1.165) is 24.3 Å². The average molecular weight is 566 g/mol. The van der Waals surface area contributed by atoms with Gasteiger partial charge in [-0.2, -0.15) is 0 Å². The Kier molecular flexibility index (Phi) is 14.6. The van der Waals surface area contributed by atoms with E-state index < -0.39 is 14.6 Å². The van der Waals surface area contributed by atoms with E-state index in [1.54, 1.807) is 28.4 Å². The van der Waals surface area contributed by atoms with Crippen molar-refractivity contribution >= 4 is 14.6 Å². The molecule has 1 aliphatic rings. The van der Waals surface area contributed by atoms with Gasteiger partial charge in [0.25, 0.3) is 0 Å². The van der Waals surface area contributed by atoms with Crippen LogP contribution in [0.15, 0.2) is 36.4 Å². The van der Waals surface area contributed by atoms with Crippen molar-refractivity contribution in [3.8, 4) is 22.6 Å². The van der Waals surface area contributed by atoms with Crippen LogP contribution in [0.5, 0.6) is 11.5 Å². The van der Waals surface area contributed by atoms with E-state index in [1.165, 1.54) is 99.3 Å². The summed E-state index contributed by atoms with van der Waals surface area (Å²) in [5.41, 5.74) is 5.11. The summed E-state index contributed by atoms with van der Waals surface area (Å²) >= 11 is 0. The van der Waals surface area contributed by atoms with Gasteiger partial charge in [0.05, 0.1) is 0 Å². The molecule has 0 radical (unpaired) electrons. The van der Waals surface area contributed by atoms with Gasteiger partial charge in [0.15, 0.2) is 0 Å². The minimum atomic E-state index is -0.747. The fraction of sp³-hybridized carbons (Fsp3) is 0.636. The van der Waals surface area contributed by atoms with Crippen LogP contribution in [-0.2, 0) is 24.0 Å². The third-order valence-electron chi connectivity index (χ3n) is 8.45. The van der Waals surface area contributed by atoms with Gasteiger partial charge in [-0.05, 0) is 59.4 Å². The maximum Gasteiger partial charge on any atom is 0.712 e. The molecular formula is C33H52B2O6. The highest BCUT2D eigenvalue weighted by atomic mass is 16.7. The van der Waals surface area contributed by atoms with Crippen LogP contribution < -0.4 is 9.31 Å². The van der Waals surface area contributed by atoms with Crippen molar-refractivity contribution in [2.75, 3.05) is 28.4 Å². The molecule has 0 aliphatic heterocycles. The lowest BCUT2D eigenvalue weighted by Gasteiger charge is -2.33. The van der Waals surface area contributed by atoms with Crippen molar-refractivity contribution in [1.29, 1.82) is 0 Å². The van der Waals surface area contributed by atoms with Crippen LogP contribution >= 0.6 is 0 Å². The zero-order valence-corrected chi connectivity index (χ0v) is 26.5. The summed E-state index contributed by atoms with van der Waals surface area (Å²) in [6, 6.07) is 12.9. The Balaban J connectivity index is 2.01. The van der Waals surface area contributed by atoms with Crippen molar-refractivity contribution in [2.45, 2.75) is 109 Å². The molecule has 0 saturated heterocycles. The number of fused-ring (bicyclic) bond motifs is 3. The van der Waals surface area contributed by atoms with Crippen LogP contribution in [-0.4, -0.2) is 43.1 Å². The van der Waals surface area contributed by atoms with E-state index in [0.29, 0.717) is 0 Å². The van der Waals surface area contributed by atoms with Crippen LogP contribution in [0.2, 0.25) is 0 Å². The predicted octanol–water partition coefficient (Wildman–Crippen LogP) is 8.77. The molecule has 0 aromatic heterocycles. The summed E-state index contributed by atoms with van der Waals surface area (Å²) in [7, 11) is 4.87. The lowest BCUT2D eigenvalue weighted by atomic mass is 9.70. The molecule has 6 nitrogen and oxygen atoms in total. The summed E-state index contributed by atoms with van der Waals surface area (Å²) in [5, 5.41) is 0. The van der Waals surface area contributed by atoms with Crippen LogP contribution in [0.1, 0.15) is 115 Å². The van der Waals surface area contributed by atoms with Crippen LogP contribution in [0, 0.1) is 0 Å². The second-order valence-corrected chi connectivity index (χ2v) is 11.3. The Morgan fingerprint density at radius 2 is 0.878 bits per heavy atom. The van der Waals surface area contributed by atoms with Gasteiger partial charge in [-0.15, -0.1) is 0 Å². The highest BCUT2D eigenvalue weighted by molar-refractivity contribution is 6.37. The third-order valence-corrected chi connectivity index (χ3v) is 8.45. The van der Waals surface area contributed by atoms with Crippen molar-refractivity contribution in [1.82, 2.24) is 0 Å². The molecule has 2 aromatic carbocycles. The molecule has 0 amide bonds. The van der Waals surface area contributed by atoms with Crippen molar-refractivity contribution < 1.29 is 27.9 Å². The summed E-state index contributed by atoms with van der Waals surface area (Å²) in [4.78, 5) is 0. The second kappa shape index (κ2) is 17.8. The molecule has 0 fully saturated rings. The molecule has 0 N–H and O–H groups in total. The Bertz CT molecular complexity index is 943. The first-order chi connectivity index (χ1) is 20.1. The zero-order valence-electron chi connectivity index (χ0n) is 26.5. The lowest BCUT2D eigenvalue weighted by Crippen LogP contribution is -2.29. The molecule has 2 aromatic rings. The molecule has 3 rings (SSSR count). The third kappa shape index (κ3) is 9.00. The first kappa shape index (κ1) is 33.5. The normalized spacial score (nSPS) is 13.1. The van der Waals surface area contributed by atoms with Gasteiger partial charge in [0.2, 0.25) is 0 Å². The van der Waals surface area contributed by atoms with E-state index in [1.807, 2.05) is 12.1 Å². The SMILES string of the molecule is CCCCCCCCC1(CCCCCCCC)c2cc(OB(OC)OC)ccc2-c2ccc(OB(OC)OC)cc21. The van der Waals surface area contributed by atoms with Crippen molar-refractivity contribution in [2.24, 2.45) is 0 Å². The lowest BCUT2D eigenvalue weighted by molar-refractivity contribution is 0.201. The number of hydrogen-bond donors (Lipinski definition) is 0. The maximum atomic E-state index is 6.07. The highest BCUT2D eigenvalue weighted by Crippen LogP contribution is 2.55. The number of unbranched alkanes of at least 4 members (excludes halogenated alkanes) is 10. The molecule has 0 bridgehead atoms. The molecule has 8 heteroatoms. The van der Waals surface area contributed by atoms with Crippen LogP contribution in [0.25, 0.3) is 11.1 Å². The average Bonchev–Trinajstić information content (AvgIpc) is 3.26. The summed E-state index contributed by atoms with van der Waals surface area (Å²) in [6.07, 6.45) is 17.4. The van der Waals surface area contributed by atoms with Gasteiger partial charge < -0.3 is 27.9 Å². The van der Waals surface area contributed by atoms with E-state index in [-0.39, 0.29) is 5.41 Å². The fourth-order valence-electron chi connectivity index (χ4n) is 6.29. The van der Waals surface area contributed by atoms with Gasteiger partial charge in [-0.3, -0.25) is 0 Å². The standard InChI is InChI=1S/C33H52B2O6/c1-7-9-11-13-15-17-23-33(24-18-16-14-12-10-8-2)31-25-27(40-34(36-3)37-4)19-21-29(31)30-22-20-28(26-32(30)33)41-35(38-5)39-6/h19-22,25-26H,7-18,23-24H2,1-6H3. The van der Waals surface area contributed by atoms with Gasteiger partial charge in [-0.1, -0.05) is 103 Å². The fourth-order valence-corrected chi connectivity index (χ4v) is 6.29. The molecule has 0 spiro atoms. The zero-order chi connectivity index (χ0) is 29.5. The molecule has 226 valence electrons. The Morgan fingerprint density at radius 3 is 1.24 bits per heavy atom. The minimum absolute atomic E-state index is 0.121. The van der Waals surface area contributed by atoms with Crippen molar-refractivity contribution in [3.63, 3.8) is 0 Å². The Labute approximate surface area is 250 Å². The first-order valence-corrected chi connectivity index (χ1v) is 15.8. The minimum Gasteiger partial charge on any atom is -0.512 e. The van der Waals surface area contributed by atoms with E-state index in [2.05, 4.69) is 38.1 Å². The molecular weight excluding hydrogens is 514 g/mol. The van der Waals surface area contributed by atoms with Crippen molar-refractivity contribution in [3.05, 3.63) is 47.5 Å². The topological polar surface area (TPSA) is 55.4 Å². The van der Waals surface area contributed by atoms with Crippen LogP contribution in [0.4, 0.5) is 0 Å². The molecule has 41 heavy (non-hydrogen) atoms. The molecule has 1 aliphatic carbocycles. The molecule has 0 heterocycles. The summed E-state index contributed by atoms with van der Waals surface area (Å²) in [5.74, 6) is 1.52. The second-order valence-electron chi connectivity index (χ2n) is 11.3. The highest BCUT2D eigenvalue weighted by Gasteiger charge is 2.43. The Hall–Kier alpha value is -1.99. The molecule has 0 atom stereocenters. The molecule has 0 unspecified atom stereocenters. The van der Waals surface area contributed by atoms with Gasteiger partial charge in [-0.25, -0.2) is 0 Å². The van der Waals surface area contributed by atoms with E-state index in [4.69, 9.17) is 27.9 Å². The van der Waals surface area contributed by atoms with Gasteiger partial charge >= 0.3 is 14.6 Å². The summed E-state index contributed by atoms with van der Waals surface area (Å²) in [6.45, 7) is 4.55. The Morgan fingerprint density at radius 1 is 0.512 bits per heavy atom. The largest absolute Gasteiger partial charge is 0.712 e. The smallest absolute Gasteiger partial charge is 0.512 e. The quantitative estimate of drug-likeness (QED) is 0.105. The van der Waals surface area contributed by atoms with Gasteiger partial charge in [0, 0.05) is 33.9 Å². The maximum absolute atomic E-state index is 6.07. The molecule has 0 saturated carbocycles. The van der Waals surface area contributed by atoms with E-state index in [9.17, 15) is 0 Å². The van der Waals surface area contributed by atoms with Gasteiger partial charge in [0.1, 0.15) is 11.5 Å². The predicted molar refractivity (Wildman–Crippen MR) is 169 cm³/mol. The first-order valence-electron chi connectivity index (χ1n) is 15.8.